The van der Waals surface area contributed by atoms with Crippen molar-refractivity contribution in [3.05, 3.63) is 52.8 Å². The van der Waals surface area contributed by atoms with Crippen LogP contribution < -0.4 is 5.32 Å². The fraction of sp³-hybridized carbons (Fsp3) is 0.500. The van der Waals surface area contributed by atoms with E-state index in [1.54, 1.807) is 0 Å². The number of Topliss-reactive ketones (excluding diaryl/α,β-unsaturated/α-hetero) is 1. The van der Waals surface area contributed by atoms with Gasteiger partial charge in [-0.15, -0.1) is 5.11 Å². The molecule has 0 bridgehead atoms. The molecular weight excluding hydrogens is 326 g/mol. The summed E-state index contributed by atoms with van der Waals surface area (Å²) in [5, 5.41) is 12.0. The highest BCUT2D eigenvalue weighted by Gasteiger charge is 2.57. The monoisotopic (exact) mass is 349 g/mol. The molecule has 4 heterocycles. The maximum Gasteiger partial charge on any atom is 0.162 e. The van der Waals surface area contributed by atoms with E-state index in [0.717, 1.165) is 48.8 Å². The van der Waals surface area contributed by atoms with Crippen LogP contribution in [0.4, 0.5) is 0 Å². The summed E-state index contributed by atoms with van der Waals surface area (Å²) in [6.07, 6.45) is 3.34. The largest absolute Gasteiger partial charge is 0.342 e. The van der Waals surface area contributed by atoms with Gasteiger partial charge in [0.15, 0.2) is 11.6 Å². The van der Waals surface area contributed by atoms with Gasteiger partial charge in [-0.05, 0) is 24.0 Å². The van der Waals surface area contributed by atoms with Crippen molar-refractivity contribution in [1.82, 2.24) is 15.2 Å². The summed E-state index contributed by atoms with van der Waals surface area (Å²) in [4.78, 5) is 19.9. The van der Waals surface area contributed by atoms with Gasteiger partial charge in [0, 0.05) is 49.1 Å². The number of hydrogen-bond acceptors (Lipinski definition) is 6. The number of pyridine rings is 1. The van der Waals surface area contributed by atoms with Crippen LogP contribution in [0.15, 0.2) is 57.3 Å². The zero-order chi connectivity index (χ0) is 17.9. The van der Waals surface area contributed by atoms with Crippen LogP contribution >= 0.6 is 0 Å². The lowest BCUT2D eigenvalue weighted by atomic mass is 9.60. The molecule has 3 aliphatic heterocycles. The van der Waals surface area contributed by atoms with Crippen molar-refractivity contribution in [2.45, 2.75) is 33.2 Å². The summed E-state index contributed by atoms with van der Waals surface area (Å²) < 4.78 is 0. The van der Waals surface area contributed by atoms with Crippen LogP contribution in [0, 0.1) is 10.8 Å². The average Bonchev–Trinajstić information content (AvgIpc) is 3.01. The topological polar surface area (TPSA) is 70.0 Å². The molecule has 0 saturated carbocycles. The lowest BCUT2D eigenvalue weighted by molar-refractivity contribution is -0.120. The normalized spacial score (nSPS) is 25.8. The first-order chi connectivity index (χ1) is 12.5. The lowest BCUT2D eigenvalue weighted by Gasteiger charge is -2.55. The average molecular weight is 349 g/mol. The third-order valence-corrected chi connectivity index (χ3v) is 5.98. The number of carbonyl (C=O) groups is 1. The van der Waals surface area contributed by atoms with Gasteiger partial charge in [-0.3, -0.25) is 14.7 Å². The van der Waals surface area contributed by atoms with Gasteiger partial charge < -0.3 is 5.32 Å². The van der Waals surface area contributed by atoms with Crippen LogP contribution in [0.2, 0.25) is 0 Å². The molecule has 0 amide bonds. The van der Waals surface area contributed by atoms with Gasteiger partial charge in [0.1, 0.15) is 0 Å². The second-order valence-corrected chi connectivity index (χ2v) is 8.69. The van der Waals surface area contributed by atoms with Crippen LogP contribution in [0.5, 0.6) is 0 Å². The fourth-order valence-corrected chi connectivity index (χ4v) is 4.97. The van der Waals surface area contributed by atoms with Crippen molar-refractivity contribution in [3.63, 3.8) is 0 Å². The first kappa shape index (κ1) is 15.9. The molecule has 4 aliphatic rings. The molecule has 6 heteroatoms. The number of nitrogens with one attached hydrogen (secondary N) is 1. The Morgan fingerprint density at radius 1 is 1.23 bits per heavy atom. The van der Waals surface area contributed by atoms with Crippen molar-refractivity contribution in [1.29, 1.82) is 0 Å². The molecule has 0 radical (unpaired) electrons. The number of rotatable bonds is 2. The second kappa shape index (κ2) is 5.33. The third-order valence-electron chi connectivity index (χ3n) is 5.98. The Balaban J connectivity index is 1.47. The summed E-state index contributed by atoms with van der Waals surface area (Å²) >= 11 is 0. The molecule has 1 aromatic rings. The van der Waals surface area contributed by atoms with Gasteiger partial charge in [-0.1, -0.05) is 19.9 Å². The number of ketones is 1. The minimum Gasteiger partial charge on any atom is -0.342 e. The van der Waals surface area contributed by atoms with E-state index in [-0.39, 0.29) is 10.8 Å². The van der Waals surface area contributed by atoms with Gasteiger partial charge in [-0.2, -0.15) is 5.11 Å². The standard InChI is InChI=1S/C20H23N5O/c1-19(2)7-15-17(16(26)8-19)20(14-9-22-24-18(14)23-15)11-25(12-20)10-13-5-3-4-6-21-13/h3-6,23H,7-12H2,1-2H3. The molecule has 5 rings (SSSR count). The Morgan fingerprint density at radius 2 is 2.08 bits per heavy atom. The quantitative estimate of drug-likeness (QED) is 0.891. The molecule has 1 aliphatic carbocycles. The first-order valence-corrected chi connectivity index (χ1v) is 9.24. The highest BCUT2D eigenvalue weighted by Crippen LogP contribution is 2.54. The van der Waals surface area contributed by atoms with Crippen molar-refractivity contribution in [2.75, 3.05) is 19.6 Å². The van der Waals surface area contributed by atoms with E-state index < -0.39 is 0 Å². The number of azo groups is 1. The molecule has 1 spiro atoms. The highest BCUT2D eigenvalue weighted by atomic mass is 16.1. The van der Waals surface area contributed by atoms with E-state index in [1.807, 2.05) is 18.3 Å². The predicted octanol–water partition coefficient (Wildman–Crippen LogP) is 2.81. The molecular formula is C20H23N5O. The number of aromatic nitrogens is 1. The molecule has 6 nitrogen and oxygen atoms in total. The number of dihydropyridines is 1. The fourth-order valence-electron chi connectivity index (χ4n) is 4.97. The van der Waals surface area contributed by atoms with Crippen LogP contribution in [0.3, 0.4) is 0 Å². The number of fused-ring (bicyclic) bond motifs is 2. The third kappa shape index (κ3) is 2.28. The summed E-state index contributed by atoms with van der Waals surface area (Å²) in [5.41, 5.74) is 4.12. The highest BCUT2D eigenvalue weighted by molar-refractivity contribution is 6.00. The second-order valence-electron chi connectivity index (χ2n) is 8.69. The Bertz CT molecular complexity index is 875. The molecule has 1 N–H and O–H groups in total. The maximum absolute atomic E-state index is 13.1. The zero-order valence-electron chi connectivity index (χ0n) is 15.2. The molecule has 134 valence electrons. The van der Waals surface area contributed by atoms with E-state index in [9.17, 15) is 4.79 Å². The van der Waals surface area contributed by atoms with Gasteiger partial charge in [0.05, 0.1) is 17.7 Å². The van der Waals surface area contributed by atoms with Crippen molar-refractivity contribution >= 4 is 5.78 Å². The molecule has 0 atom stereocenters. The summed E-state index contributed by atoms with van der Waals surface area (Å²) in [7, 11) is 0. The Kier molecular flexibility index (Phi) is 3.26. The lowest BCUT2D eigenvalue weighted by Crippen LogP contribution is -2.62. The Morgan fingerprint density at radius 3 is 2.85 bits per heavy atom. The van der Waals surface area contributed by atoms with E-state index in [2.05, 4.69) is 45.3 Å². The molecule has 0 unspecified atom stereocenters. The molecule has 26 heavy (non-hydrogen) atoms. The van der Waals surface area contributed by atoms with Crippen LogP contribution in [-0.4, -0.2) is 35.3 Å². The van der Waals surface area contributed by atoms with Gasteiger partial charge in [0.2, 0.25) is 0 Å². The summed E-state index contributed by atoms with van der Waals surface area (Å²) in [6, 6.07) is 6.01. The Labute approximate surface area is 153 Å². The van der Waals surface area contributed by atoms with E-state index in [0.29, 0.717) is 18.7 Å². The van der Waals surface area contributed by atoms with Crippen LogP contribution in [0.25, 0.3) is 0 Å². The Hall–Kier alpha value is -2.34. The van der Waals surface area contributed by atoms with Crippen molar-refractivity contribution in [3.8, 4) is 0 Å². The summed E-state index contributed by atoms with van der Waals surface area (Å²) in [5.74, 6) is 1.17. The predicted molar refractivity (Wildman–Crippen MR) is 96.9 cm³/mol. The van der Waals surface area contributed by atoms with Gasteiger partial charge in [-0.25, -0.2) is 0 Å². The number of allylic oxidation sites excluding steroid dienone is 1. The SMILES string of the molecule is CC1(C)CC(=O)C2=C(C1)NC1=C(CN=N1)C21CN(Cc2ccccn2)C1. The number of carbonyl (C=O) groups excluding carboxylic acids is 1. The smallest absolute Gasteiger partial charge is 0.162 e. The van der Waals surface area contributed by atoms with Crippen molar-refractivity contribution < 1.29 is 4.79 Å². The molecule has 1 saturated heterocycles. The van der Waals surface area contributed by atoms with E-state index in [1.165, 1.54) is 5.57 Å². The van der Waals surface area contributed by atoms with Crippen molar-refractivity contribution in [2.24, 2.45) is 21.1 Å². The molecule has 1 fully saturated rings. The van der Waals surface area contributed by atoms with Crippen LogP contribution in [0.1, 0.15) is 32.4 Å². The zero-order valence-corrected chi connectivity index (χ0v) is 15.2. The molecule has 1 aromatic heterocycles. The van der Waals surface area contributed by atoms with Gasteiger partial charge >= 0.3 is 0 Å². The molecule has 0 aromatic carbocycles. The number of nitrogens with zero attached hydrogens (tertiary/aromatic N) is 4. The van der Waals surface area contributed by atoms with Gasteiger partial charge in [0.25, 0.3) is 0 Å². The summed E-state index contributed by atoms with van der Waals surface area (Å²) in [6.45, 7) is 7.44. The van der Waals surface area contributed by atoms with E-state index >= 15 is 0 Å². The number of likely N-dealkylation sites (tertiary alicyclic amines) is 1. The van der Waals surface area contributed by atoms with Crippen LogP contribution in [-0.2, 0) is 11.3 Å². The minimum atomic E-state index is -0.207. The first-order valence-electron chi connectivity index (χ1n) is 9.24. The van der Waals surface area contributed by atoms with E-state index in [4.69, 9.17) is 0 Å². The minimum absolute atomic E-state index is 0.00465. The maximum atomic E-state index is 13.1. The number of hydrogen-bond donors (Lipinski definition) is 1.